The number of rotatable bonds is 11. The summed E-state index contributed by atoms with van der Waals surface area (Å²) in [5.41, 5.74) is -0.0147. The van der Waals surface area contributed by atoms with Crippen molar-refractivity contribution in [1.82, 2.24) is 15.6 Å². The number of pyridine rings is 1. The monoisotopic (exact) mass is 456 g/mol. The zero-order valence-corrected chi connectivity index (χ0v) is 17.8. The van der Waals surface area contributed by atoms with Crippen LogP contribution in [0.25, 0.3) is 11.1 Å². The first-order valence-corrected chi connectivity index (χ1v) is 9.91. The summed E-state index contributed by atoms with van der Waals surface area (Å²) in [4.78, 5) is 15.8. The second kappa shape index (κ2) is 12.1. The molecular formula is C24H23F3N4O2. The summed E-state index contributed by atoms with van der Waals surface area (Å²) in [7, 11) is 0. The summed E-state index contributed by atoms with van der Waals surface area (Å²) in [6, 6.07) is 12.8. The highest BCUT2D eigenvalue weighted by molar-refractivity contribution is 5.78. The number of nitriles is 1. The zero-order valence-electron chi connectivity index (χ0n) is 17.8. The number of carbonyl (C=O) groups excluding carboxylic acids is 1. The van der Waals surface area contributed by atoms with Crippen molar-refractivity contribution < 1.29 is 22.7 Å². The summed E-state index contributed by atoms with van der Waals surface area (Å²) in [5.74, 6) is 0.280. The van der Waals surface area contributed by atoms with E-state index in [2.05, 4.69) is 28.8 Å². The van der Waals surface area contributed by atoms with Crippen molar-refractivity contribution in [2.75, 3.05) is 19.7 Å². The van der Waals surface area contributed by atoms with Crippen LogP contribution < -0.4 is 15.4 Å². The number of amides is 1. The van der Waals surface area contributed by atoms with E-state index in [1.54, 1.807) is 12.4 Å². The third-order valence-corrected chi connectivity index (χ3v) is 4.34. The molecule has 1 heterocycles. The Morgan fingerprint density at radius 1 is 1.09 bits per heavy atom. The van der Waals surface area contributed by atoms with Crippen molar-refractivity contribution in [2.45, 2.75) is 12.6 Å². The first-order valence-electron chi connectivity index (χ1n) is 9.91. The molecule has 9 heteroatoms. The molecule has 0 bridgehead atoms. The molecule has 33 heavy (non-hydrogen) atoms. The molecule has 2 rings (SSSR count). The van der Waals surface area contributed by atoms with Gasteiger partial charge in [0.05, 0.1) is 30.4 Å². The van der Waals surface area contributed by atoms with E-state index in [1.165, 1.54) is 6.07 Å². The lowest BCUT2D eigenvalue weighted by atomic mass is 10.1. The number of nitrogens with one attached hydrogen (secondary N) is 2. The van der Waals surface area contributed by atoms with Gasteiger partial charge < -0.3 is 15.4 Å². The number of hydrogen-bond acceptors (Lipinski definition) is 5. The van der Waals surface area contributed by atoms with E-state index in [0.717, 1.165) is 11.1 Å². The molecule has 0 atom stereocenters. The van der Waals surface area contributed by atoms with Crippen LogP contribution in [0, 0.1) is 11.3 Å². The third-order valence-electron chi connectivity index (χ3n) is 4.34. The van der Waals surface area contributed by atoms with Crippen LogP contribution in [0.15, 0.2) is 84.9 Å². The third kappa shape index (κ3) is 8.53. The van der Waals surface area contributed by atoms with Crippen molar-refractivity contribution in [3.63, 3.8) is 0 Å². The van der Waals surface area contributed by atoms with Crippen molar-refractivity contribution in [3.05, 3.63) is 84.9 Å². The second-order valence-corrected chi connectivity index (χ2v) is 6.84. The van der Waals surface area contributed by atoms with Crippen LogP contribution in [0.5, 0.6) is 5.75 Å². The molecule has 1 amide bonds. The lowest BCUT2D eigenvalue weighted by Gasteiger charge is -2.12. The van der Waals surface area contributed by atoms with E-state index in [1.807, 2.05) is 36.4 Å². The Hall–Kier alpha value is -4.06. The molecule has 2 N–H and O–H groups in total. The molecular weight excluding hydrogens is 433 g/mol. The van der Waals surface area contributed by atoms with Crippen molar-refractivity contribution in [2.24, 2.45) is 0 Å². The Bertz CT molecular complexity index is 1040. The van der Waals surface area contributed by atoms with Crippen molar-refractivity contribution >= 4 is 5.91 Å². The fraction of sp³-hybridized carbons (Fsp3) is 0.208. The Morgan fingerprint density at radius 2 is 1.73 bits per heavy atom. The minimum atomic E-state index is -4.75. The lowest BCUT2D eigenvalue weighted by Crippen LogP contribution is -2.34. The highest BCUT2D eigenvalue weighted by atomic mass is 19.4. The number of carbonyl (C=O) groups is 1. The normalized spacial score (nSPS) is 11.3. The molecule has 6 nitrogen and oxygen atoms in total. The molecule has 2 aromatic rings. The summed E-state index contributed by atoms with van der Waals surface area (Å²) >= 11 is 0. The van der Waals surface area contributed by atoms with E-state index in [4.69, 9.17) is 10.00 Å². The van der Waals surface area contributed by atoms with E-state index in [0.29, 0.717) is 31.4 Å². The summed E-state index contributed by atoms with van der Waals surface area (Å²) < 4.78 is 44.4. The minimum absolute atomic E-state index is 0.160. The minimum Gasteiger partial charge on any atom is -0.494 e. The lowest BCUT2D eigenvalue weighted by molar-refractivity contribution is -0.120. The summed E-state index contributed by atoms with van der Waals surface area (Å²) in [6.45, 7) is 6.94. The predicted molar refractivity (Wildman–Crippen MR) is 119 cm³/mol. The van der Waals surface area contributed by atoms with Crippen LogP contribution in [0.3, 0.4) is 0 Å². The van der Waals surface area contributed by atoms with Gasteiger partial charge in [0.1, 0.15) is 5.75 Å². The molecule has 172 valence electrons. The molecule has 0 fully saturated rings. The van der Waals surface area contributed by atoms with Gasteiger partial charge in [-0.2, -0.15) is 18.4 Å². The number of alkyl halides is 3. The van der Waals surface area contributed by atoms with Gasteiger partial charge in [-0.25, -0.2) is 0 Å². The first kappa shape index (κ1) is 25.2. The van der Waals surface area contributed by atoms with E-state index < -0.39 is 23.2 Å². The zero-order chi connectivity index (χ0) is 24.3. The number of ether oxygens (including phenoxy) is 1. The molecule has 1 aromatic carbocycles. The number of allylic oxidation sites excluding steroid dienone is 3. The molecule has 0 aliphatic heterocycles. The average molecular weight is 456 g/mol. The van der Waals surface area contributed by atoms with Gasteiger partial charge in [0.2, 0.25) is 5.91 Å². The number of nitrogens with zero attached hydrogens (tertiary/aromatic N) is 2. The number of halogens is 3. The van der Waals surface area contributed by atoms with Gasteiger partial charge in [-0.05, 0) is 47.9 Å². The van der Waals surface area contributed by atoms with Crippen LogP contribution >= 0.6 is 0 Å². The second-order valence-electron chi connectivity index (χ2n) is 6.84. The fourth-order valence-corrected chi connectivity index (χ4v) is 2.66. The Balaban J connectivity index is 1.68. The standard InChI is InChI=1S/C24H23F3N4O2/c1-17(15-28)22(24(25,26)27)14-18(2)31-16-23(32)30-10-3-13-33-21-6-4-19(5-7-21)20-8-11-29-12-9-20/h4-9,11-12,14,31H,1-3,10,13,16H2,(H,30,32)/b22-14+. The summed E-state index contributed by atoms with van der Waals surface area (Å²) in [6.07, 6.45) is -0.117. The van der Waals surface area contributed by atoms with Crippen LogP contribution in [0.2, 0.25) is 0 Å². The maximum atomic E-state index is 12.9. The molecule has 0 aliphatic rings. The molecule has 0 spiro atoms. The molecule has 1 aromatic heterocycles. The van der Waals surface area contributed by atoms with Gasteiger partial charge in [0.25, 0.3) is 0 Å². The van der Waals surface area contributed by atoms with Crippen LogP contribution in [0.1, 0.15) is 6.42 Å². The van der Waals surface area contributed by atoms with Crippen LogP contribution in [0.4, 0.5) is 13.2 Å². The maximum absolute atomic E-state index is 12.9. The highest BCUT2D eigenvalue weighted by Gasteiger charge is 2.35. The summed E-state index contributed by atoms with van der Waals surface area (Å²) in [5, 5.41) is 13.8. The van der Waals surface area contributed by atoms with E-state index >= 15 is 0 Å². The van der Waals surface area contributed by atoms with Crippen LogP contribution in [-0.4, -0.2) is 36.8 Å². The topological polar surface area (TPSA) is 87.0 Å². The Labute approximate surface area is 190 Å². The highest BCUT2D eigenvalue weighted by Crippen LogP contribution is 2.30. The fourth-order valence-electron chi connectivity index (χ4n) is 2.66. The van der Waals surface area contributed by atoms with Crippen molar-refractivity contribution in [1.29, 1.82) is 5.26 Å². The number of benzene rings is 1. The Kier molecular flexibility index (Phi) is 9.24. The molecule has 0 radical (unpaired) electrons. The van der Waals surface area contributed by atoms with Gasteiger partial charge >= 0.3 is 6.18 Å². The maximum Gasteiger partial charge on any atom is 0.417 e. The quantitative estimate of drug-likeness (QED) is 0.299. The predicted octanol–water partition coefficient (Wildman–Crippen LogP) is 4.31. The molecule has 0 unspecified atom stereocenters. The van der Waals surface area contributed by atoms with Gasteiger partial charge in [0.15, 0.2) is 0 Å². The smallest absolute Gasteiger partial charge is 0.417 e. The Morgan fingerprint density at radius 3 is 2.33 bits per heavy atom. The van der Waals surface area contributed by atoms with Crippen LogP contribution in [-0.2, 0) is 4.79 Å². The van der Waals surface area contributed by atoms with Crippen molar-refractivity contribution in [3.8, 4) is 22.9 Å². The van der Waals surface area contributed by atoms with E-state index in [-0.39, 0.29) is 12.2 Å². The average Bonchev–Trinajstić information content (AvgIpc) is 2.80. The first-order chi connectivity index (χ1) is 15.7. The molecule has 0 saturated carbocycles. The van der Waals surface area contributed by atoms with E-state index in [9.17, 15) is 18.0 Å². The molecule has 0 aliphatic carbocycles. The number of aromatic nitrogens is 1. The molecule has 0 saturated heterocycles. The van der Waals surface area contributed by atoms with Gasteiger partial charge in [-0.1, -0.05) is 25.3 Å². The largest absolute Gasteiger partial charge is 0.494 e. The SMILES string of the molecule is C=C(/C=C(\C(=C)C#N)C(F)(F)F)NCC(=O)NCCCOc1ccc(-c2ccncc2)cc1. The van der Waals surface area contributed by atoms with Gasteiger partial charge in [-0.15, -0.1) is 0 Å². The van der Waals surface area contributed by atoms with Gasteiger partial charge in [0, 0.05) is 24.6 Å². The number of hydrogen-bond donors (Lipinski definition) is 2. The van der Waals surface area contributed by atoms with Gasteiger partial charge in [-0.3, -0.25) is 9.78 Å².